The summed E-state index contributed by atoms with van der Waals surface area (Å²) in [5.41, 5.74) is 7.12. The fourth-order valence-corrected chi connectivity index (χ4v) is 1.47. The van der Waals surface area contributed by atoms with E-state index >= 15 is 0 Å². The van der Waals surface area contributed by atoms with Crippen molar-refractivity contribution in [3.05, 3.63) is 35.4 Å². The molecule has 0 aliphatic heterocycles. The van der Waals surface area contributed by atoms with Gasteiger partial charge >= 0.3 is 12.0 Å². The summed E-state index contributed by atoms with van der Waals surface area (Å²) in [5.74, 6) is -0.498. The van der Waals surface area contributed by atoms with E-state index in [9.17, 15) is 9.59 Å². The molecule has 0 bridgehead atoms. The minimum atomic E-state index is -0.498. The minimum Gasteiger partial charge on any atom is -0.468 e. The van der Waals surface area contributed by atoms with Gasteiger partial charge in [-0.3, -0.25) is 9.79 Å². The van der Waals surface area contributed by atoms with Crippen LogP contribution in [0.2, 0.25) is 0 Å². The molecule has 0 unspecified atom stereocenters. The zero-order valence-electron chi connectivity index (χ0n) is 11.3. The van der Waals surface area contributed by atoms with Crippen molar-refractivity contribution in [2.45, 2.75) is 13.1 Å². The van der Waals surface area contributed by atoms with Crippen LogP contribution in [0.5, 0.6) is 0 Å². The number of nitrogens with zero attached hydrogens (tertiary/aromatic N) is 1. The van der Waals surface area contributed by atoms with E-state index in [2.05, 4.69) is 20.4 Å². The minimum absolute atomic E-state index is 0.159. The largest absolute Gasteiger partial charge is 0.468 e. The maximum absolute atomic E-state index is 11.4. The molecule has 0 heterocycles. The molecule has 1 rings (SSSR count). The summed E-state index contributed by atoms with van der Waals surface area (Å²) in [6.45, 7) is 0.694. The lowest BCUT2D eigenvalue weighted by atomic mass is 10.1. The Hall–Kier alpha value is -2.57. The SMILES string of the molecule is COC(=O)CNC(=O)NCc1cccc(CN=CN)c1. The van der Waals surface area contributed by atoms with E-state index in [-0.39, 0.29) is 6.54 Å². The molecule has 1 aromatic rings. The van der Waals surface area contributed by atoms with Gasteiger partial charge in [0.2, 0.25) is 0 Å². The Balaban J connectivity index is 2.41. The van der Waals surface area contributed by atoms with Gasteiger partial charge in [-0.25, -0.2) is 4.79 Å². The number of hydrogen-bond acceptors (Lipinski definition) is 4. The fraction of sp³-hybridized carbons (Fsp3) is 0.308. The summed E-state index contributed by atoms with van der Waals surface area (Å²) >= 11 is 0. The first-order valence-corrected chi connectivity index (χ1v) is 6.02. The lowest BCUT2D eigenvalue weighted by Crippen LogP contribution is -2.38. The van der Waals surface area contributed by atoms with Crippen molar-refractivity contribution in [1.82, 2.24) is 10.6 Å². The van der Waals surface area contributed by atoms with Crippen LogP contribution >= 0.6 is 0 Å². The molecule has 0 fully saturated rings. The van der Waals surface area contributed by atoms with E-state index in [0.717, 1.165) is 11.1 Å². The molecule has 0 atom stereocenters. The Morgan fingerprint density at radius 3 is 2.80 bits per heavy atom. The van der Waals surface area contributed by atoms with E-state index in [1.54, 1.807) is 0 Å². The molecule has 0 radical (unpaired) electrons. The molecular weight excluding hydrogens is 260 g/mol. The molecule has 0 spiro atoms. The molecule has 7 nitrogen and oxygen atoms in total. The lowest BCUT2D eigenvalue weighted by Gasteiger charge is -2.07. The third kappa shape index (κ3) is 5.85. The second-order valence-electron chi connectivity index (χ2n) is 3.92. The summed E-state index contributed by atoms with van der Waals surface area (Å²) in [4.78, 5) is 26.2. The summed E-state index contributed by atoms with van der Waals surface area (Å²) in [6.07, 6.45) is 1.26. The van der Waals surface area contributed by atoms with Crippen molar-refractivity contribution in [2.75, 3.05) is 13.7 Å². The van der Waals surface area contributed by atoms with Crippen LogP contribution in [-0.2, 0) is 22.6 Å². The average Bonchev–Trinajstić information content (AvgIpc) is 2.48. The molecule has 0 aromatic heterocycles. The van der Waals surface area contributed by atoms with Crippen LogP contribution < -0.4 is 16.4 Å². The van der Waals surface area contributed by atoms with Gasteiger partial charge in [-0.15, -0.1) is 0 Å². The number of rotatable bonds is 6. The highest BCUT2D eigenvalue weighted by Gasteiger charge is 2.04. The topological polar surface area (TPSA) is 106 Å². The number of hydrogen-bond donors (Lipinski definition) is 3. The molecule has 0 aliphatic rings. The first kappa shape index (κ1) is 15.5. The number of amides is 2. The first-order chi connectivity index (χ1) is 9.65. The number of nitrogens with two attached hydrogens (primary N) is 1. The predicted octanol–water partition coefficient (Wildman–Crippen LogP) is 0.146. The molecule has 4 N–H and O–H groups in total. The third-order valence-electron chi connectivity index (χ3n) is 2.44. The van der Waals surface area contributed by atoms with Crippen molar-refractivity contribution in [2.24, 2.45) is 10.7 Å². The zero-order chi connectivity index (χ0) is 14.8. The second-order valence-corrected chi connectivity index (χ2v) is 3.92. The number of carbonyl (C=O) groups is 2. The number of carbonyl (C=O) groups excluding carboxylic acids is 2. The number of esters is 1. The number of benzene rings is 1. The van der Waals surface area contributed by atoms with Crippen LogP contribution in [0.3, 0.4) is 0 Å². The molecular formula is C13H18N4O3. The maximum atomic E-state index is 11.4. The quantitative estimate of drug-likeness (QED) is 0.391. The van der Waals surface area contributed by atoms with Crippen molar-refractivity contribution in [3.63, 3.8) is 0 Å². The smallest absolute Gasteiger partial charge is 0.325 e. The Kier molecular flexibility index (Phi) is 6.60. The molecule has 0 saturated carbocycles. The van der Waals surface area contributed by atoms with E-state index in [1.807, 2.05) is 24.3 Å². The summed E-state index contributed by atoms with van der Waals surface area (Å²) in [5, 5.41) is 5.03. The number of ether oxygens (including phenoxy) is 1. The zero-order valence-corrected chi connectivity index (χ0v) is 11.3. The van der Waals surface area contributed by atoms with Crippen LogP contribution in [0.15, 0.2) is 29.3 Å². The summed E-state index contributed by atoms with van der Waals surface area (Å²) in [6, 6.07) is 7.18. The van der Waals surface area contributed by atoms with E-state index in [1.165, 1.54) is 13.4 Å². The van der Waals surface area contributed by atoms with Crippen LogP contribution in [0.4, 0.5) is 4.79 Å². The van der Waals surface area contributed by atoms with Crippen LogP contribution in [0.25, 0.3) is 0 Å². The van der Waals surface area contributed by atoms with E-state index in [4.69, 9.17) is 5.73 Å². The van der Waals surface area contributed by atoms with Gasteiger partial charge in [0.25, 0.3) is 0 Å². The van der Waals surface area contributed by atoms with Gasteiger partial charge < -0.3 is 21.1 Å². The number of aliphatic imine (C=N–C) groups is 1. The highest BCUT2D eigenvalue weighted by Crippen LogP contribution is 2.06. The average molecular weight is 278 g/mol. The van der Waals surface area contributed by atoms with Gasteiger partial charge in [-0.2, -0.15) is 0 Å². The van der Waals surface area contributed by atoms with E-state index in [0.29, 0.717) is 13.1 Å². The van der Waals surface area contributed by atoms with Crippen molar-refractivity contribution >= 4 is 18.3 Å². The Morgan fingerprint density at radius 2 is 2.10 bits per heavy atom. The Labute approximate surface area is 117 Å². The van der Waals surface area contributed by atoms with Gasteiger partial charge in [-0.1, -0.05) is 24.3 Å². The summed E-state index contributed by atoms with van der Waals surface area (Å²) < 4.78 is 4.41. The number of urea groups is 1. The summed E-state index contributed by atoms with van der Waals surface area (Å²) in [7, 11) is 1.26. The van der Waals surface area contributed by atoms with Gasteiger partial charge in [0.05, 0.1) is 20.0 Å². The van der Waals surface area contributed by atoms with Gasteiger partial charge in [0, 0.05) is 6.54 Å². The Bertz CT molecular complexity index is 488. The van der Waals surface area contributed by atoms with Gasteiger partial charge in [0.1, 0.15) is 6.54 Å². The number of nitrogens with one attached hydrogen (secondary N) is 2. The molecule has 1 aromatic carbocycles. The van der Waals surface area contributed by atoms with Crippen molar-refractivity contribution < 1.29 is 14.3 Å². The predicted molar refractivity (Wildman–Crippen MR) is 75.1 cm³/mol. The van der Waals surface area contributed by atoms with Gasteiger partial charge in [-0.05, 0) is 11.1 Å². The standard InChI is InChI=1S/C13H18N4O3/c1-20-12(18)8-17-13(19)16-7-11-4-2-3-10(5-11)6-15-9-14/h2-5,9H,6-8H2,1H3,(H2,14,15)(H2,16,17,19). The van der Waals surface area contributed by atoms with E-state index < -0.39 is 12.0 Å². The number of methoxy groups -OCH3 is 1. The van der Waals surface area contributed by atoms with Crippen molar-refractivity contribution in [3.8, 4) is 0 Å². The lowest BCUT2D eigenvalue weighted by molar-refractivity contribution is -0.139. The molecule has 0 saturated heterocycles. The highest BCUT2D eigenvalue weighted by molar-refractivity contribution is 5.80. The second kappa shape index (κ2) is 8.52. The highest BCUT2D eigenvalue weighted by atomic mass is 16.5. The van der Waals surface area contributed by atoms with Crippen LogP contribution in [0, 0.1) is 0 Å². The normalized spacial score (nSPS) is 10.2. The molecule has 20 heavy (non-hydrogen) atoms. The molecule has 0 aliphatic carbocycles. The van der Waals surface area contributed by atoms with Crippen LogP contribution in [0.1, 0.15) is 11.1 Å². The van der Waals surface area contributed by atoms with Crippen molar-refractivity contribution in [1.29, 1.82) is 0 Å². The molecule has 2 amide bonds. The maximum Gasteiger partial charge on any atom is 0.325 e. The van der Waals surface area contributed by atoms with Crippen LogP contribution in [-0.4, -0.2) is 32.0 Å². The third-order valence-corrected chi connectivity index (χ3v) is 2.44. The van der Waals surface area contributed by atoms with Gasteiger partial charge in [0.15, 0.2) is 0 Å². The Morgan fingerprint density at radius 1 is 1.35 bits per heavy atom. The monoisotopic (exact) mass is 278 g/mol. The fourth-order valence-electron chi connectivity index (χ4n) is 1.47. The molecule has 108 valence electrons. The first-order valence-electron chi connectivity index (χ1n) is 6.02. The molecule has 7 heteroatoms.